The Morgan fingerprint density at radius 3 is 2.78 bits per heavy atom. The van der Waals surface area contributed by atoms with Crippen LogP contribution in [0.5, 0.6) is 0 Å². The van der Waals surface area contributed by atoms with Crippen molar-refractivity contribution in [2.75, 3.05) is 7.05 Å². The van der Waals surface area contributed by atoms with Gasteiger partial charge in [0.1, 0.15) is 0 Å². The van der Waals surface area contributed by atoms with E-state index in [1.165, 1.54) is 6.20 Å². The maximum Gasteiger partial charge on any atom is 0.251 e. The summed E-state index contributed by atoms with van der Waals surface area (Å²) in [5, 5.41) is 7.36. The highest BCUT2D eigenvalue weighted by atomic mass is 16.1. The molecule has 0 radical (unpaired) electrons. The van der Waals surface area contributed by atoms with E-state index in [2.05, 4.69) is 17.3 Å². The SMILES string of the molecule is CNC(C)c1ccccc1-n1cc(C(N)=O)cn1. The minimum Gasteiger partial charge on any atom is -0.366 e. The first-order chi connectivity index (χ1) is 8.63. The summed E-state index contributed by atoms with van der Waals surface area (Å²) >= 11 is 0. The highest BCUT2D eigenvalue weighted by molar-refractivity contribution is 5.92. The average Bonchev–Trinajstić information content (AvgIpc) is 2.87. The van der Waals surface area contributed by atoms with E-state index in [9.17, 15) is 4.79 Å². The van der Waals surface area contributed by atoms with Gasteiger partial charge in [0.05, 0.1) is 17.4 Å². The summed E-state index contributed by atoms with van der Waals surface area (Å²) in [6, 6.07) is 8.10. The van der Waals surface area contributed by atoms with Crippen LogP contribution in [0.3, 0.4) is 0 Å². The smallest absolute Gasteiger partial charge is 0.251 e. The van der Waals surface area contributed by atoms with Crippen molar-refractivity contribution < 1.29 is 4.79 Å². The van der Waals surface area contributed by atoms with Gasteiger partial charge in [0, 0.05) is 12.2 Å². The number of nitrogens with zero attached hydrogens (tertiary/aromatic N) is 2. The predicted octanol–water partition coefficient (Wildman–Crippen LogP) is 1.25. The summed E-state index contributed by atoms with van der Waals surface area (Å²) in [5.74, 6) is -0.472. The van der Waals surface area contributed by atoms with Gasteiger partial charge in [-0.2, -0.15) is 5.10 Å². The molecule has 0 aliphatic carbocycles. The average molecular weight is 244 g/mol. The van der Waals surface area contributed by atoms with Crippen LogP contribution in [0.4, 0.5) is 0 Å². The largest absolute Gasteiger partial charge is 0.366 e. The van der Waals surface area contributed by atoms with Gasteiger partial charge in [-0.15, -0.1) is 0 Å². The molecule has 1 atom stereocenters. The van der Waals surface area contributed by atoms with Crippen LogP contribution in [0.1, 0.15) is 28.9 Å². The maximum absolute atomic E-state index is 11.1. The summed E-state index contributed by atoms with van der Waals surface area (Å²) < 4.78 is 1.67. The van der Waals surface area contributed by atoms with E-state index in [1.54, 1.807) is 10.9 Å². The van der Waals surface area contributed by atoms with E-state index >= 15 is 0 Å². The number of carbonyl (C=O) groups excluding carboxylic acids is 1. The Labute approximate surface area is 106 Å². The zero-order chi connectivity index (χ0) is 13.1. The number of nitrogens with two attached hydrogens (primary N) is 1. The second-order valence-corrected chi connectivity index (χ2v) is 4.11. The molecule has 1 amide bonds. The fourth-order valence-electron chi connectivity index (χ4n) is 1.80. The first kappa shape index (κ1) is 12.3. The second kappa shape index (κ2) is 5.01. The number of carbonyl (C=O) groups is 1. The normalized spacial score (nSPS) is 12.3. The van der Waals surface area contributed by atoms with Crippen molar-refractivity contribution in [2.45, 2.75) is 13.0 Å². The van der Waals surface area contributed by atoms with Gasteiger partial charge in [0.15, 0.2) is 0 Å². The molecule has 0 aliphatic heterocycles. The van der Waals surface area contributed by atoms with Crippen molar-refractivity contribution in [3.63, 3.8) is 0 Å². The topological polar surface area (TPSA) is 72.9 Å². The molecule has 1 unspecified atom stereocenters. The molecule has 94 valence electrons. The van der Waals surface area contributed by atoms with Gasteiger partial charge in [0.25, 0.3) is 5.91 Å². The highest BCUT2D eigenvalue weighted by Gasteiger charge is 2.12. The van der Waals surface area contributed by atoms with Crippen LogP contribution >= 0.6 is 0 Å². The molecule has 3 N–H and O–H groups in total. The summed E-state index contributed by atoms with van der Waals surface area (Å²) in [6.45, 7) is 2.07. The Hall–Kier alpha value is -2.14. The van der Waals surface area contributed by atoms with Crippen LogP contribution in [0, 0.1) is 0 Å². The molecule has 0 saturated carbocycles. The van der Waals surface area contributed by atoms with Gasteiger partial charge in [-0.3, -0.25) is 4.79 Å². The summed E-state index contributed by atoms with van der Waals surface area (Å²) in [7, 11) is 1.90. The van der Waals surface area contributed by atoms with Gasteiger partial charge < -0.3 is 11.1 Å². The van der Waals surface area contributed by atoms with Crippen LogP contribution in [-0.2, 0) is 0 Å². The molecule has 18 heavy (non-hydrogen) atoms. The van der Waals surface area contributed by atoms with Crippen molar-refractivity contribution >= 4 is 5.91 Å². The molecule has 2 rings (SSSR count). The number of nitrogens with one attached hydrogen (secondary N) is 1. The van der Waals surface area contributed by atoms with Crippen LogP contribution in [0.25, 0.3) is 5.69 Å². The molecule has 1 aromatic heterocycles. The van der Waals surface area contributed by atoms with E-state index in [4.69, 9.17) is 5.73 Å². The van der Waals surface area contributed by atoms with Crippen molar-refractivity contribution in [1.29, 1.82) is 0 Å². The van der Waals surface area contributed by atoms with Crippen molar-refractivity contribution in [3.05, 3.63) is 47.8 Å². The van der Waals surface area contributed by atoms with E-state index in [0.29, 0.717) is 5.56 Å². The fraction of sp³-hybridized carbons (Fsp3) is 0.231. The number of hydrogen-bond acceptors (Lipinski definition) is 3. The predicted molar refractivity (Wildman–Crippen MR) is 69.6 cm³/mol. The van der Waals surface area contributed by atoms with Crippen molar-refractivity contribution in [3.8, 4) is 5.69 Å². The summed E-state index contributed by atoms with van der Waals surface area (Å²) in [6.07, 6.45) is 3.12. The third-order valence-electron chi connectivity index (χ3n) is 2.95. The Balaban J connectivity index is 2.46. The number of aromatic nitrogens is 2. The number of rotatable bonds is 4. The van der Waals surface area contributed by atoms with Crippen molar-refractivity contribution in [2.24, 2.45) is 5.73 Å². The van der Waals surface area contributed by atoms with Crippen LogP contribution < -0.4 is 11.1 Å². The first-order valence-electron chi connectivity index (χ1n) is 5.74. The Kier molecular flexibility index (Phi) is 3.43. The number of benzene rings is 1. The van der Waals surface area contributed by atoms with E-state index in [1.807, 2.05) is 31.3 Å². The number of amides is 1. The quantitative estimate of drug-likeness (QED) is 0.850. The molecule has 1 heterocycles. The molecule has 0 fully saturated rings. The number of hydrogen-bond donors (Lipinski definition) is 2. The molecule has 0 saturated heterocycles. The van der Waals surface area contributed by atoms with Gasteiger partial charge in [-0.1, -0.05) is 18.2 Å². The van der Waals surface area contributed by atoms with Crippen LogP contribution in [-0.4, -0.2) is 22.7 Å². The lowest BCUT2D eigenvalue weighted by Crippen LogP contribution is -2.15. The highest BCUT2D eigenvalue weighted by Crippen LogP contribution is 2.20. The molecule has 0 aliphatic rings. The van der Waals surface area contributed by atoms with E-state index in [0.717, 1.165) is 11.3 Å². The monoisotopic (exact) mass is 244 g/mol. The second-order valence-electron chi connectivity index (χ2n) is 4.11. The molecule has 2 aromatic rings. The minimum atomic E-state index is -0.472. The zero-order valence-corrected chi connectivity index (χ0v) is 10.4. The van der Waals surface area contributed by atoms with E-state index < -0.39 is 5.91 Å². The summed E-state index contributed by atoms with van der Waals surface area (Å²) in [5.41, 5.74) is 7.68. The zero-order valence-electron chi connectivity index (χ0n) is 10.4. The molecule has 0 spiro atoms. The van der Waals surface area contributed by atoms with Crippen molar-refractivity contribution in [1.82, 2.24) is 15.1 Å². The van der Waals surface area contributed by atoms with Gasteiger partial charge in [-0.05, 0) is 25.6 Å². The summed E-state index contributed by atoms with van der Waals surface area (Å²) in [4.78, 5) is 11.1. The third kappa shape index (κ3) is 2.26. The molecule has 1 aromatic carbocycles. The standard InChI is InChI=1S/C13H16N4O/c1-9(15-2)11-5-3-4-6-12(11)17-8-10(7-16-17)13(14)18/h3-9,15H,1-2H3,(H2,14,18). The lowest BCUT2D eigenvalue weighted by Gasteiger charge is -2.15. The maximum atomic E-state index is 11.1. The first-order valence-corrected chi connectivity index (χ1v) is 5.74. The molecule has 0 bridgehead atoms. The molecule has 5 nitrogen and oxygen atoms in total. The number of para-hydroxylation sites is 1. The minimum absolute atomic E-state index is 0.197. The van der Waals surface area contributed by atoms with Crippen LogP contribution in [0.2, 0.25) is 0 Å². The van der Waals surface area contributed by atoms with Crippen LogP contribution in [0.15, 0.2) is 36.7 Å². The lowest BCUT2D eigenvalue weighted by molar-refractivity contribution is 0.100. The third-order valence-corrected chi connectivity index (χ3v) is 2.95. The van der Waals surface area contributed by atoms with Gasteiger partial charge in [-0.25, -0.2) is 4.68 Å². The van der Waals surface area contributed by atoms with E-state index in [-0.39, 0.29) is 6.04 Å². The molecular formula is C13H16N4O. The molecule has 5 heteroatoms. The van der Waals surface area contributed by atoms with Gasteiger partial charge in [0.2, 0.25) is 0 Å². The lowest BCUT2D eigenvalue weighted by atomic mass is 10.1. The number of primary amides is 1. The Bertz CT molecular complexity index is 562. The molecular weight excluding hydrogens is 228 g/mol. The Morgan fingerprint density at radius 2 is 2.17 bits per heavy atom. The van der Waals surface area contributed by atoms with Gasteiger partial charge >= 0.3 is 0 Å². The fourth-order valence-corrected chi connectivity index (χ4v) is 1.80. The Morgan fingerprint density at radius 1 is 1.44 bits per heavy atom.